The van der Waals surface area contributed by atoms with Crippen LogP contribution in [-0.4, -0.2) is 48.1 Å². The second-order valence-electron chi connectivity index (χ2n) is 4.88. The van der Waals surface area contributed by atoms with E-state index in [-0.39, 0.29) is 0 Å². The standard InChI is InChI=1S/C13H23N5/c1-14-12-9-13(17-10-16-12)15-7-8-18(2)11-5-3-4-6-11/h9-11H,3-8H2,1-2H3,(H2,14,15,16,17). The first-order valence-corrected chi connectivity index (χ1v) is 6.73. The molecule has 0 amide bonds. The third kappa shape index (κ3) is 3.57. The third-order valence-electron chi connectivity index (χ3n) is 3.64. The molecule has 1 heterocycles. The molecule has 0 spiro atoms. The van der Waals surface area contributed by atoms with Crippen LogP contribution in [0.1, 0.15) is 25.7 Å². The van der Waals surface area contributed by atoms with Gasteiger partial charge in [0.05, 0.1) is 0 Å². The predicted octanol–water partition coefficient (Wildman–Crippen LogP) is 1.80. The molecule has 1 aromatic heterocycles. The molecule has 0 saturated heterocycles. The van der Waals surface area contributed by atoms with Gasteiger partial charge in [0, 0.05) is 32.2 Å². The molecule has 2 rings (SSSR count). The average Bonchev–Trinajstić information content (AvgIpc) is 2.93. The van der Waals surface area contributed by atoms with Gasteiger partial charge in [-0.05, 0) is 19.9 Å². The summed E-state index contributed by atoms with van der Waals surface area (Å²) in [6.45, 7) is 1.98. The van der Waals surface area contributed by atoms with E-state index in [0.29, 0.717) is 0 Å². The molecule has 18 heavy (non-hydrogen) atoms. The Hall–Kier alpha value is -1.36. The van der Waals surface area contributed by atoms with Crippen molar-refractivity contribution in [2.45, 2.75) is 31.7 Å². The first kappa shape index (κ1) is 13.1. The third-order valence-corrected chi connectivity index (χ3v) is 3.64. The fourth-order valence-electron chi connectivity index (χ4n) is 2.48. The van der Waals surface area contributed by atoms with Crippen molar-refractivity contribution in [3.05, 3.63) is 12.4 Å². The van der Waals surface area contributed by atoms with Crippen LogP contribution in [0.25, 0.3) is 0 Å². The van der Waals surface area contributed by atoms with Gasteiger partial charge in [0.25, 0.3) is 0 Å². The van der Waals surface area contributed by atoms with Gasteiger partial charge < -0.3 is 15.5 Å². The van der Waals surface area contributed by atoms with Crippen LogP contribution in [0, 0.1) is 0 Å². The summed E-state index contributed by atoms with van der Waals surface area (Å²) in [7, 11) is 4.08. The van der Waals surface area contributed by atoms with Crippen molar-refractivity contribution >= 4 is 11.6 Å². The van der Waals surface area contributed by atoms with E-state index in [0.717, 1.165) is 30.8 Å². The molecule has 2 N–H and O–H groups in total. The minimum absolute atomic E-state index is 0.782. The molecule has 5 heteroatoms. The lowest BCUT2D eigenvalue weighted by Crippen LogP contribution is -2.33. The van der Waals surface area contributed by atoms with E-state index in [9.17, 15) is 0 Å². The lowest BCUT2D eigenvalue weighted by molar-refractivity contribution is 0.254. The molecule has 1 aromatic rings. The minimum atomic E-state index is 0.782. The van der Waals surface area contributed by atoms with Gasteiger partial charge in [-0.2, -0.15) is 0 Å². The average molecular weight is 249 g/mol. The Morgan fingerprint density at radius 1 is 1.28 bits per heavy atom. The lowest BCUT2D eigenvalue weighted by atomic mass is 10.2. The summed E-state index contributed by atoms with van der Waals surface area (Å²) in [6, 6.07) is 2.71. The van der Waals surface area contributed by atoms with Crippen molar-refractivity contribution in [3.63, 3.8) is 0 Å². The van der Waals surface area contributed by atoms with Gasteiger partial charge in [-0.3, -0.25) is 0 Å². The Morgan fingerprint density at radius 2 is 2.00 bits per heavy atom. The molecule has 1 aliphatic rings. The fraction of sp³-hybridized carbons (Fsp3) is 0.692. The van der Waals surface area contributed by atoms with E-state index in [1.807, 2.05) is 13.1 Å². The SMILES string of the molecule is CNc1cc(NCCN(C)C2CCCC2)ncn1. The Bertz CT molecular complexity index is 362. The number of aromatic nitrogens is 2. The highest BCUT2D eigenvalue weighted by Crippen LogP contribution is 2.21. The number of hydrogen-bond acceptors (Lipinski definition) is 5. The summed E-state index contributed by atoms with van der Waals surface area (Å²) < 4.78 is 0. The maximum Gasteiger partial charge on any atom is 0.131 e. The van der Waals surface area contributed by atoms with Gasteiger partial charge >= 0.3 is 0 Å². The quantitative estimate of drug-likeness (QED) is 0.805. The zero-order chi connectivity index (χ0) is 12.8. The molecule has 0 atom stereocenters. The van der Waals surface area contributed by atoms with Crippen LogP contribution >= 0.6 is 0 Å². The van der Waals surface area contributed by atoms with Gasteiger partial charge in [0.2, 0.25) is 0 Å². The monoisotopic (exact) mass is 249 g/mol. The molecule has 0 bridgehead atoms. The Kier molecular flexibility index (Phi) is 4.75. The maximum absolute atomic E-state index is 4.20. The van der Waals surface area contributed by atoms with Crippen LogP contribution in [0.15, 0.2) is 12.4 Å². The Labute approximate surface area is 109 Å². The maximum atomic E-state index is 4.20. The van der Waals surface area contributed by atoms with E-state index in [4.69, 9.17) is 0 Å². The van der Waals surface area contributed by atoms with Crippen LogP contribution in [0.3, 0.4) is 0 Å². The fourth-order valence-corrected chi connectivity index (χ4v) is 2.48. The van der Waals surface area contributed by atoms with Gasteiger partial charge in [-0.15, -0.1) is 0 Å². The second-order valence-corrected chi connectivity index (χ2v) is 4.88. The topological polar surface area (TPSA) is 53.1 Å². The number of anilines is 2. The second kappa shape index (κ2) is 6.54. The van der Waals surface area contributed by atoms with Gasteiger partial charge in [0.15, 0.2) is 0 Å². The Balaban J connectivity index is 1.73. The molecule has 1 fully saturated rings. The highest BCUT2D eigenvalue weighted by Gasteiger charge is 2.18. The number of nitrogens with zero attached hydrogens (tertiary/aromatic N) is 3. The van der Waals surface area contributed by atoms with Crippen LogP contribution in [0.5, 0.6) is 0 Å². The summed E-state index contributed by atoms with van der Waals surface area (Å²) in [6.07, 6.45) is 7.07. The van der Waals surface area contributed by atoms with Crippen LogP contribution in [0.4, 0.5) is 11.6 Å². The molecule has 0 unspecified atom stereocenters. The van der Waals surface area contributed by atoms with E-state index in [1.165, 1.54) is 25.7 Å². The van der Waals surface area contributed by atoms with Crippen LogP contribution < -0.4 is 10.6 Å². The molecular formula is C13H23N5. The van der Waals surface area contributed by atoms with Crippen molar-refractivity contribution < 1.29 is 0 Å². The number of hydrogen-bond donors (Lipinski definition) is 2. The van der Waals surface area contributed by atoms with Crippen molar-refractivity contribution in [1.29, 1.82) is 0 Å². The normalized spacial score (nSPS) is 16.2. The van der Waals surface area contributed by atoms with Gasteiger partial charge in [-0.1, -0.05) is 12.8 Å². The summed E-state index contributed by atoms with van der Waals surface area (Å²) in [5, 5.41) is 6.35. The van der Waals surface area contributed by atoms with E-state index in [1.54, 1.807) is 6.33 Å². The largest absolute Gasteiger partial charge is 0.373 e. The zero-order valence-electron chi connectivity index (χ0n) is 11.3. The Morgan fingerprint density at radius 3 is 2.72 bits per heavy atom. The first-order valence-electron chi connectivity index (χ1n) is 6.73. The molecule has 5 nitrogen and oxygen atoms in total. The molecule has 0 radical (unpaired) electrons. The van der Waals surface area contributed by atoms with E-state index < -0.39 is 0 Å². The number of rotatable bonds is 6. The summed E-state index contributed by atoms with van der Waals surface area (Å²) in [4.78, 5) is 10.8. The summed E-state index contributed by atoms with van der Waals surface area (Å²) >= 11 is 0. The molecular weight excluding hydrogens is 226 g/mol. The smallest absolute Gasteiger partial charge is 0.131 e. The summed E-state index contributed by atoms with van der Waals surface area (Å²) in [5.74, 6) is 1.73. The molecule has 1 aliphatic carbocycles. The van der Waals surface area contributed by atoms with Gasteiger partial charge in [0.1, 0.15) is 18.0 Å². The van der Waals surface area contributed by atoms with Gasteiger partial charge in [-0.25, -0.2) is 9.97 Å². The van der Waals surface area contributed by atoms with Crippen molar-refractivity contribution in [3.8, 4) is 0 Å². The predicted molar refractivity (Wildman–Crippen MR) is 75.0 cm³/mol. The van der Waals surface area contributed by atoms with E-state index >= 15 is 0 Å². The zero-order valence-corrected chi connectivity index (χ0v) is 11.3. The number of likely N-dealkylation sites (N-methyl/N-ethyl adjacent to an activating group) is 1. The van der Waals surface area contributed by atoms with Crippen LogP contribution in [-0.2, 0) is 0 Å². The van der Waals surface area contributed by atoms with E-state index in [2.05, 4.69) is 32.5 Å². The van der Waals surface area contributed by atoms with Crippen LogP contribution in [0.2, 0.25) is 0 Å². The van der Waals surface area contributed by atoms with Crippen molar-refractivity contribution in [2.24, 2.45) is 0 Å². The highest BCUT2D eigenvalue weighted by molar-refractivity contribution is 5.45. The summed E-state index contributed by atoms with van der Waals surface area (Å²) in [5.41, 5.74) is 0. The highest BCUT2D eigenvalue weighted by atomic mass is 15.2. The van der Waals surface area contributed by atoms with Crippen molar-refractivity contribution in [2.75, 3.05) is 37.8 Å². The molecule has 1 saturated carbocycles. The lowest BCUT2D eigenvalue weighted by Gasteiger charge is -2.24. The molecule has 0 aromatic carbocycles. The van der Waals surface area contributed by atoms with Crippen molar-refractivity contribution in [1.82, 2.24) is 14.9 Å². The minimum Gasteiger partial charge on any atom is -0.373 e. The molecule has 100 valence electrons. The first-order chi connectivity index (χ1) is 8.79. The number of nitrogens with one attached hydrogen (secondary N) is 2. The molecule has 0 aliphatic heterocycles.